The van der Waals surface area contributed by atoms with Crippen LogP contribution in [0, 0.1) is 0 Å². The van der Waals surface area contributed by atoms with E-state index in [4.69, 9.17) is 18.9 Å². The molecule has 0 bridgehead atoms. The first kappa shape index (κ1) is 18.7. The van der Waals surface area contributed by atoms with Crippen molar-refractivity contribution in [2.75, 3.05) is 25.6 Å². The lowest BCUT2D eigenvalue weighted by Gasteiger charge is -2.17. The zero-order valence-corrected chi connectivity index (χ0v) is 15.7. The Bertz CT molecular complexity index is 783. The van der Waals surface area contributed by atoms with E-state index in [-0.39, 0.29) is 18.2 Å². The van der Waals surface area contributed by atoms with Gasteiger partial charge in [-0.15, -0.1) is 0 Å². The highest BCUT2D eigenvalue weighted by Gasteiger charge is 2.51. The standard InChI is InChI=1S/C21H24N2O5/c1-25-16-9-7-15(8-10-16)23-21(24)28-18-13-27-19-17(12-26-20(18)19)22-11-14-5-3-2-4-6-14/h2-10,17-20,22H,11-13H2,1H3,(H,23,24)/p+1/t17-,18+,19+,20+/m0/s1. The van der Waals surface area contributed by atoms with E-state index in [2.05, 4.69) is 22.8 Å². The summed E-state index contributed by atoms with van der Waals surface area (Å²) in [5.41, 5.74) is 1.90. The second-order valence-electron chi connectivity index (χ2n) is 6.98. The van der Waals surface area contributed by atoms with Crippen LogP contribution in [0.1, 0.15) is 5.56 Å². The maximum Gasteiger partial charge on any atom is 0.412 e. The lowest BCUT2D eigenvalue weighted by Crippen LogP contribution is -2.91. The molecule has 0 saturated carbocycles. The summed E-state index contributed by atoms with van der Waals surface area (Å²) in [5.74, 6) is 0.725. The van der Waals surface area contributed by atoms with E-state index < -0.39 is 12.2 Å². The normalized spacial score (nSPS) is 25.9. The van der Waals surface area contributed by atoms with Crippen molar-refractivity contribution in [3.05, 3.63) is 60.2 Å². The number of hydrogen-bond acceptors (Lipinski definition) is 5. The summed E-state index contributed by atoms with van der Waals surface area (Å²) in [5, 5.41) is 4.96. The number of nitrogens with two attached hydrogens (primary N) is 1. The van der Waals surface area contributed by atoms with Crippen molar-refractivity contribution in [1.29, 1.82) is 0 Å². The van der Waals surface area contributed by atoms with E-state index in [1.54, 1.807) is 31.4 Å². The molecule has 0 radical (unpaired) electrons. The molecule has 2 fully saturated rings. The summed E-state index contributed by atoms with van der Waals surface area (Å²) in [7, 11) is 1.60. The molecule has 2 heterocycles. The quantitative estimate of drug-likeness (QED) is 0.788. The molecule has 2 aliphatic heterocycles. The highest BCUT2D eigenvalue weighted by molar-refractivity contribution is 5.84. The number of hydrogen-bond donors (Lipinski definition) is 2. The van der Waals surface area contributed by atoms with Crippen LogP contribution >= 0.6 is 0 Å². The molecule has 2 aromatic carbocycles. The Morgan fingerprint density at radius 2 is 1.82 bits per heavy atom. The summed E-state index contributed by atoms with van der Waals surface area (Å²) >= 11 is 0. The van der Waals surface area contributed by atoms with Gasteiger partial charge in [0.05, 0.1) is 13.7 Å². The predicted molar refractivity (Wildman–Crippen MR) is 102 cm³/mol. The van der Waals surface area contributed by atoms with E-state index in [9.17, 15) is 4.79 Å². The average molecular weight is 385 g/mol. The number of rotatable bonds is 6. The van der Waals surface area contributed by atoms with Crippen LogP contribution in [0.25, 0.3) is 0 Å². The SMILES string of the molecule is COc1ccc(NC(=O)O[C@@H]2CO[C@H]3[C@@H]2OC[C@@H]3[NH2+]Cc2ccccc2)cc1. The first-order valence-electron chi connectivity index (χ1n) is 9.45. The second-order valence-corrected chi connectivity index (χ2v) is 6.98. The number of benzene rings is 2. The third-order valence-electron chi connectivity index (χ3n) is 5.14. The molecule has 0 unspecified atom stereocenters. The third kappa shape index (κ3) is 4.27. The summed E-state index contributed by atoms with van der Waals surface area (Å²) in [6.45, 7) is 1.80. The molecule has 7 nitrogen and oxygen atoms in total. The number of ether oxygens (including phenoxy) is 4. The van der Waals surface area contributed by atoms with Crippen LogP contribution in [0.2, 0.25) is 0 Å². The number of fused-ring (bicyclic) bond motifs is 1. The number of anilines is 1. The zero-order valence-electron chi connectivity index (χ0n) is 15.7. The molecule has 0 aliphatic carbocycles. The van der Waals surface area contributed by atoms with Crippen LogP contribution in [0.15, 0.2) is 54.6 Å². The molecule has 148 valence electrons. The van der Waals surface area contributed by atoms with Gasteiger partial charge in [-0.2, -0.15) is 0 Å². The molecule has 2 saturated heterocycles. The zero-order chi connectivity index (χ0) is 19.3. The minimum Gasteiger partial charge on any atom is -0.497 e. The molecule has 2 aliphatic rings. The van der Waals surface area contributed by atoms with Gasteiger partial charge in [0.2, 0.25) is 0 Å². The van der Waals surface area contributed by atoms with Crippen LogP contribution in [0.4, 0.5) is 10.5 Å². The maximum atomic E-state index is 12.2. The number of quaternary nitrogens is 1. The predicted octanol–water partition coefficient (Wildman–Crippen LogP) is 1.54. The van der Waals surface area contributed by atoms with Crippen molar-refractivity contribution >= 4 is 11.8 Å². The van der Waals surface area contributed by atoms with Crippen molar-refractivity contribution in [3.63, 3.8) is 0 Å². The van der Waals surface area contributed by atoms with Crippen molar-refractivity contribution in [2.24, 2.45) is 0 Å². The van der Waals surface area contributed by atoms with E-state index in [0.717, 1.165) is 12.3 Å². The molecule has 4 rings (SSSR count). The highest BCUT2D eigenvalue weighted by atomic mass is 16.6. The Hall–Kier alpha value is -2.61. The van der Waals surface area contributed by atoms with E-state index in [0.29, 0.717) is 18.9 Å². The molecule has 0 aromatic heterocycles. The number of amides is 1. The molecule has 28 heavy (non-hydrogen) atoms. The lowest BCUT2D eigenvalue weighted by atomic mass is 10.1. The van der Waals surface area contributed by atoms with Crippen molar-refractivity contribution in [2.45, 2.75) is 30.9 Å². The van der Waals surface area contributed by atoms with Crippen LogP contribution in [-0.4, -0.2) is 50.8 Å². The summed E-state index contributed by atoms with van der Waals surface area (Å²) in [6, 6.07) is 17.6. The van der Waals surface area contributed by atoms with Crippen LogP contribution in [0.3, 0.4) is 0 Å². The first-order chi connectivity index (χ1) is 13.7. The van der Waals surface area contributed by atoms with Gasteiger partial charge in [-0.05, 0) is 24.3 Å². The number of carbonyl (C=O) groups is 1. The molecular weight excluding hydrogens is 360 g/mol. The van der Waals surface area contributed by atoms with Gasteiger partial charge in [0.1, 0.15) is 37.2 Å². The van der Waals surface area contributed by atoms with Gasteiger partial charge >= 0.3 is 6.09 Å². The minimum atomic E-state index is -0.514. The molecule has 7 heteroatoms. The molecule has 3 N–H and O–H groups in total. The Balaban J connectivity index is 1.27. The third-order valence-corrected chi connectivity index (χ3v) is 5.14. The Morgan fingerprint density at radius 3 is 2.57 bits per heavy atom. The summed E-state index contributed by atoms with van der Waals surface area (Å²) in [6.07, 6.45) is -1.21. The molecule has 0 spiro atoms. The highest BCUT2D eigenvalue weighted by Crippen LogP contribution is 2.28. The van der Waals surface area contributed by atoms with Gasteiger partial charge in [-0.1, -0.05) is 30.3 Å². The minimum absolute atomic E-state index is 0.0671. The smallest absolute Gasteiger partial charge is 0.412 e. The van der Waals surface area contributed by atoms with Gasteiger partial charge < -0.3 is 24.3 Å². The summed E-state index contributed by atoms with van der Waals surface area (Å²) in [4.78, 5) is 12.2. The van der Waals surface area contributed by atoms with Crippen LogP contribution in [-0.2, 0) is 20.8 Å². The van der Waals surface area contributed by atoms with Crippen molar-refractivity contribution in [3.8, 4) is 5.75 Å². The lowest BCUT2D eigenvalue weighted by molar-refractivity contribution is -0.707. The molecule has 4 atom stereocenters. The van der Waals surface area contributed by atoms with E-state index >= 15 is 0 Å². The molecule has 2 aromatic rings. The molecule has 1 amide bonds. The van der Waals surface area contributed by atoms with Gasteiger partial charge in [-0.25, -0.2) is 4.79 Å². The van der Waals surface area contributed by atoms with Crippen LogP contribution < -0.4 is 15.4 Å². The van der Waals surface area contributed by atoms with Crippen molar-refractivity contribution < 1.29 is 29.1 Å². The maximum absolute atomic E-state index is 12.2. The van der Waals surface area contributed by atoms with Gasteiger partial charge in [0.15, 0.2) is 6.10 Å². The fourth-order valence-corrected chi connectivity index (χ4v) is 3.66. The number of nitrogens with one attached hydrogen (secondary N) is 1. The monoisotopic (exact) mass is 385 g/mol. The number of carbonyl (C=O) groups excluding carboxylic acids is 1. The Labute approximate surface area is 163 Å². The Kier molecular flexibility index (Phi) is 5.76. The van der Waals surface area contributed by atoms with E-state index in [1.807, 2.05) is 18.2 Å². The Morgan fingerprint density at radius 1 is 1.07 bits per heavy atom. The summed E-state index contributed by atoms with van der Waals surface area (Å²) < 4.78 is 22.4. The second kappa shape index (κ2) is 8.60. The fraction of sp³-hybridized carbons (Fsp3) is 0.381. The fourth-order valence-electron chi connectivity index (χ4n) is 3.66. The van der Waals surface area contributed by atoms with Gasteiger partial charge in [-0.3, -0.25) is 5.32 Å². The van der Waals surface area contributed by atoms with Crippen molar-refractivity contribution in [1.82, 2.24) is 0 Å². The number of methoxy groups -OCH3 is 1. The van der Waals surface area contributed by atoms with Gasteiger partial charge in [0.25, 0.3) is 0 Å². The topological polar surface area (TPSA) is 82.6 Å². The largest absolute Gasteiger partial charge is 0.497 e. The average Bonchev–Trinajstić information content (AvgIpc) is 3.31. The molecular formula is C21H25N2O5+. The van der Waals surface area contributed by atoms with E-state index in [1.165, 1.54) is 5.56 Å². The first-order valence-corrected chi connectivity index (χ1v) is 9.45. The van der Waals surface area contributed by atoms with Gasteiger partial charge in [0, 0.05) is 11.3 Å². The van der Waals surface area contributed by atoms with Crippen LogP contribution in [0.5, 0.6) is 5.75 Å².